The molecule has 1 aliphatic heterocycles. The molecule has 1 aliphatic carbocycles. The van der Waals surface area contributed by atoms with Gasteiger partial charge in [-0.15, -0.1) is 0 Å². The number of likely N-dealkylation sites (tertiary alicyclic amines) is 1. The Morgan fingerprint density at radius 1 is 1.32 bits per heavy atom. The number of amides is 2. The van der Waals surface area contributed by atoms with E-state index in [0.717, 1.165) is 38.6 Å². The first-order valence-electron chi connectivity index (χ1n) is 7.34. The summed E-state index contributed by atoms with van der Waals surface area (Å²) in [5, 5.41) is 0. The molecule has 1 saturated heterocycles. The molecule has 0 aromatic heterocycles. The van der Waals surface area contributed by atoms with E-state index in [9.17, 15) is 9.59 Å². The molecule has 0 bridgehead atoms. The molecule has 5 heteroatoms. The summed E-state index contributed by atoms with van der Waals surface area (Å²) in [6.07, 6.45) is 5.36. The molecule has 2 amide bonds. The number of hydrogen-bond acceptors (Lipinski definition) is 3. The number of nitrogens with zero attached hydrogens (tertiary/aromatic N) is 2. The monoisotopic (exact) mass is 267 g/mol. The quantitative estimate of drug-likeness (QED) is 0.816. The number of nitrogens with two attached hydrogens (primary N) is 1. The second-order valence-corrected chi connectivity index (χ2v) is 5.87. The van der Waals surface area contributed by atoms with Gasteiger partial charge in [-0.3, -0.25) is 9.59 Å². The molecule has 0 unspecified atom stereocenters. The van der Waals surface area contributed by atoms with Crippen LogP contribution in [-0.2, 0) is 9.59 Å². The first-order chi connectivity index (χ1) is 9.00. The van der Waals surface area contributed by atoms with Gasteiger partial charge in [0, 0.05) is 32.1 Å². The molecule has 5 nitrogen and oxygen atoms in total. The molecule has 2 rings (SSSR count). The maximum absolute atomic E-state index is 12.1. The Hall–Kier alpha value is -1.10. The average molecular weight is 267 g/mol. The molecule has 0 spiro atoms. The van der Waals surface area contributed by atoms with E-state index in [-0.39, 0.29) is 17.9 Å². The van der Waals surface area contributed by atoms with Gasteiger partial charge in [-0.25, -0.2) is 0 Å². The molecule has 1 saturated carbocycles. The second kappa shape index (κ2) is 5.90. The highest BCUT2D eigenvalue weighted by atomic mass is 16.2. The summed E-state index contributed by atoms with van der Waals surface area (Å²) >= 11 is 0. The van der Waals surface area contributed by atoms with Crippen molar-refractivity contribution in [3.05, 3.63) is 0 Å². The summed E-state index contributed by atoms with van der Waals surface area (Å²) in [6.45, 7) is 4.82. The van der Waals surface area contributed by atoms with Crippen LogP contribution in [-0.4, -0.2) is 52.8 Å². The maximum Gasteiger partial charge on any atom is 0.239 e. The van der Waals surface area contributed by atoms with E-state index >= 15 is 0 Å². The number of rotatable bonds is 4. The van der Waals surface area contributed by atoms with Crippen LogP contribution in [0.2, 0.25) is 0 Å². The summed E-state index contributed by atoms with van der Waals surface area (Å²) in [7, 11) is 0. The van der Waals surface area contributed by atoms with Gasteiger partial charge < -0.3 is 15.5 Å². The highest BCUT2D eigenvalue weighted by Crippen LogP contribution is 2.29. The predicted octanol–water partition coefficient (Wildman–Crippen LogP) is 0.726. The molecule has 19 heavy (non-hydrogen) atoms. The highest BCUT2D eigenvalue weighted by molar-refractivity contribution is 5.81. The third-order valence-corrected chi connectivity index (χ3v) is 4.10. The van der Waals surface area contributed by atoms with E-state index in [1.807, 2.05) is 9.80 Å². The van der Waals surface area contributed by atoms with Crippen LogP contribution in [0.15, 0.2) is 0 Å². The third-order valence-electron chi connectivity index (χ3n) is 4.10. The predicted molar refractivity (Wildman–Crippen MR) is 73.4 cm³/mol. The maximum atomic E-state index is 12.1. The molecule has 2 fully saturated rings. The highest BCUT2D eigenvalue weighted by Gasteiger charge is 2.36. The van der Waals surface area contributed by atoms with Crippen molar-refractivity contribution in [2.45, 2.75) is 64.1 Å². The van der Waals surface area contributed by atoms with Gasteiger partial charge in [-0.05, 0) is 39.0 Å². The summed E-state index contributed by atoms with van der Waals surface area (Å²) in [5.74, 6) is 0.144. The number of carbonyl (C=O) groups excluding carboxylic acids is 2. The van der Waals surface area contributed by atoms with Gasteiger partial charge in [0.25, 0.3) is 0 Å². The number of hydrogen-bond donors (Lipinski definition) is 1. The molecule has 0 radical (unpaired) electrons. The van der Waals surface area contributed by atoms with Gasteiger partial charge in [0.05, 0.1) is 6.04 Å². The van der Waals surface area contributed by atoms with E-state index < -0.39 is 6.04 Å². The standard InChI is InChI=1S/C14H25N3O2/c1-10(15)14(19)16-8-4-3-5-13(16)9-17(11(2)18)12-6-7-12/h10,12-13H,3-9,15H2,1-2H3/t10-,13-/m0/s1. The van der Waals surface area contributed by atoms with Crippen molar-refractivity contribution in [3.63, 3.8) is 0 Å². The minimum Gasteiger partial charge on any atom is -0.338 e. The molecule has 1 heterocycles. The number of carbonyl (C=O) groups is 2. The Labute approximate surface area is 115 Å². The minimum absolute atomic E-state index is 0.0176. The Morgan fingerprint density at radius 2 is 2.00 bits per heavy atom. The molecule has 0 aromatic rings. The number of piperidine rings is 1. The Morgan fingerprint density at radius 3 is 2.53 bits per heavy atom. The van der Waals surface area contributed by atoms with E-state index in [4.69, 9.17) is 5.73 Å². The molecular formula is C14H25N3O2. The third kappa shape index (κ3) is 3.47. The van der Waals surface area contributed by atoms with Crippen molar-refractivity contribution in [1.82, 2.24) is 9.80 Å². The smallest absolute Gasteiger partial charge is 0.239 e. The van der Waals surface area contributed by atoms with Gasteiger partial charge in [-0.1, -0.05) is 0 Å². The lowest BCUT2D eigenvalue weighted by Crippen LogP contribution is -2.54. The van der Waals surface area contributed by atoms with E-state index in [1.54, 1.807) is 13.8 Å². The molecular weight excluding hydrogens is 242 g/mol. The van der Waals surface area contributed by atoms with Gasteiger partial charge >= 0.3 is 0 Å². The van der Waals surface area contributed by atoms with Gasteiger partial charge in [0.1, 0.15) is 0 Å². The summed E-state index contributed by atoms with van der Waals surface area (Å²) in [6, 6.07) is 0.107. The van der Waals surface area contributed by atoms with E-state index in [2.05, 4.69) is 0 Å². The van der Waals surface area contributed by atoms with Crippen molar-refractivity contribution in [3.8, 4) is 0 Å². The molecule has 2 N–H and O–H groups in total. The van der Waals surface area contributed by atoms with Crippen LogP contribution in [0.5, 0.6) is 0 Å². The van der Waals surface area contributed by atoms with Gasteiger partial charge in [0.2, 0.25) is 11.8 Å². The zero-order valence-corrected chi connectivity index (χ0v) is 12.0. The average Bonchev–Trinajstić information content (AvgIpc) is 3.19. The van der Waals surface area contributed by atoms with Crippen LogP contribution in [0.1, 0.15) is 46.0 Å². The van der Waals surface area contributed by atoms with Crippen LogP contribution in [0.4, 0.5) is 0 Å². The van der Waals surface area contributed by atoms with Crippen LogP contribution in [0.3, 0.4) is 0 Å². The lowest BCUT2D eigenvalue weighted by atomic mass is 10.0. The fourth-order valence-electron chi connectivity index (χ4n) is 2.89. The lowest BCUT2D eigenvalue weighted by Gasteiger charge is -2.39. The lowest BCUT2D eigenvalue weighted by molar-refractivity contribution is -0.139. The summed E-state index contributed by atoms with van der Waals surface area (Å²) in [5.41, 5.74) is 5.72. The fraction of sp³-hybridized carbons (Fsp3) is 0.857. The van der Waals surface area contributed by atoms with E-state index in [0.29, 0.717) is 12.6 Å². The fourth-order valence-corrected chi connectivity index (χ4v) is 2.89. The second-order valence-electron chi connectivity index (χ2n) is 5.87. The molecule has 0 aromatic carbocycles. The van der Waals surface area contributed by atoms with Crippen LogP contribution < -0.4 is 5.73 Å². The van der Waals surface area contributed by atoms with Crippen molar-refractivity contribution >= 4 is 11.8 Å². The zero-order chi connectivity index (χ0) is 14.0. The normalized spacial score (nSPS) is 25.0. The first-order valence-corrected chi connectivity index (χ1v) is 7.34. The van der Waals surface area contributed by atoms with Crippen molar-refractivity contribution in [2.75, 3.05) is 13.1 Å². The SMILES string of the molecule is CC(=O)N(C[C@@H]1CCCCN1C(=O)[C@H](C)N)C1CC1. The Bertz CT molecular complexity index is 353. The summed E-state index contributed by atoms with van der Waals surface area (Å²) < 4.78 is 0. The Kier molecular flexibility index (Phi) is 4.45. The molecule has 2 aliphatic rings. The largest absolute Gasteiger partial charge is 0.338 e. The van der Waals surface area contributed by atoms with E-state index in [1.165, 1.54) is 0 Å². The Balaban J connectivity index is 2.02. The van der Waals surface area contributed by atoms with Crippen LogP contribution >= 0.6 is 0 Å². The first kappa shape index (κ1) is 14.3. The zero-order valence-electron chi connectivity index (χ0n) is 12.0. The van der Waals surface area contributed by atoms with Crippen molar-refractivity contribution in [1.29, 1.82) is 0 Å². The van der Waals surface area contributed by atoms with Crippen LogP contribution in [0, 0.1) is 0 Å². The van der Waals surface area contributed by atoms with Crippen molar-refractivity contribution < 1.29 is 9.59 Å². The topological polar surface area (TPSA) is 66.6 Å². The van der Waals surface area contributed by atoms with Gasteiger partial charge in [-0.2, -0.15) is 0 Å². The van der Waals surface area contributed by atoms with Crippen molar-refractivity contribution in [2.24, 2.45) is 5.73 Å². The molecule has 2 atom stereocenters. The summed E-state index contributed by atoms with van der Waals surface area (Å²) in [4.78, 5) is 27.7. The van der Waals surface area contributed by atoms with Gasteiger partial charge in [0.15, 0.2) is 0 Å². The van der Waals surface area contributed by atoms with Crippen LogP contribution in [0.25, 0.3) is 0 Å². The minimum atomic E-state index is -0.452. The molecule has 108 valence electrons.